The van der Waals surface area contributed by atoms with Gasteiger partial charge in [-0.2, -0.15) is 0 Å². The fourth-order valence-corrected chi connectivity index (χ4v) is 12.7. The molecule has 0 aliphatic heterocycles. The number of fused-ring (bicyclic) bond motifs is 4. The van der Waals surface area contributed by atoms with Gasteiger partial charge in [0.1, 0.15) is 0 Å². The van der Waals surface area contributed by atoms with E-state index >= 15 is 0 Å². The van der Waals surface area contributed by atoms with Gasteiger partial charge in [0.2, 0.25) is 0 Å². The second kappa shape index (κ2) is 18.9. The third-order valence-electron chi connectivity index (χ3n) is 16.5. The van der Waals surface area contributed by atoms with Gasteiger partial charge in [-0.1, -0.05) is 267 Å². The van der Waals surface area contributed by atoms with Gasteiger partial charge in [-0.3, -0.25) is 0 Å². The molecule has 2 aliphatic rings. The molecule has 0 bridgehead atoms. The molecular formula is C73H67N. The quantitative estimate of drug-likeness (QED) is 0.139. The molecule has 1 fully saturated rings. The molecule has 0 spiro atoms. The number of hydrogen-bond acceptors (Lipinski definition) is 1. The summed E-state index contributed by atoms with van der Waals surface area (Å²) in [7, 11) is 0. The largest absolute Gasteiger partial charge is 0.309 e. The maximum Gasteiger partial charge on any atom is 0.0713 e. The third-order valence-corrected chi connectivity index (χ3v) is 16.5. The van der Waals surface area contributed by atoms with Gasteiger partial charge in [0.15, 0.2) is 0 Å². The van der Waals surface area contributed by atoms with E-state index in [9.17, 15) is 0 Å². The van der Waals surface area contributed by atoms with E-state index in [1.54, 1.807) is 0 Å². The summed E-state index contributed by atoms with van der Waals surface area (Å²) in [4.78, 5) is 2.55. The molecule has 0 N–H and O–H groups in total. The van der Waals surface area contributed by atoms with Crippen LogP contribution in [0.2, 0.25) is 0 Å². The molecule has 2 aliphatic carbocycles. The van der Waals surface area contributed by atoms with Gasteiger partial charge in [-0.05, 0) is 137 Å². The molecule has 0 heterocycles. The van der Waals surface area contributed by atoms with E-state index in [1.807, 2.05) is 0 Å². The Hall–Kier alpha value is -7.74. The fourth-order valence-electron chi connectivity index (χ4n) is 12.7. The number of nitrogens with zero attached hydrogens (tertiary/aromatic N) is 1. The van der Waals surface area contributed by atoms with Gasteiger partial charge < -0.3 is 4.90 Å². The number of para-hydroxylation sites is 2. The minimum absolute atomic E-state index is 0.0303. The Labute approximate surface area is 440 Å². The van der Waals surface area contributed by atoms with Crippen LogP contribution in [0, 0.1) is 0 Å². The molecule has 0 saturated heterocycles. The van der Waals surface area contributed by atoms with E-state index in [0.717, 1.165) is 17.1 Å². The van der Waals surface area contributed by atoms with Gasteiger partial charge >= 0.3 is 0 Å². The van der Waals surface area contributed by atoms with Crippen LogP contribution in [-0.2, 0) is 16.2 Å². The Kier molecular flexibility index (Phi) is 12.1. The molecule has 1 nitrogen and oxygen atoms in total. The Balaban J connectivity index is 1.08. The zero-order chi connectivity index (χ0) is 50.6. The average molecular weight is 958 g/mol. The number of benzene rings is 10. The van der Waals surface area contributed by atoms with E-state index in [1.165, 1.54) is 126 Å². The summed E-state index contributed by atoms with van der Waals surface area (Å²) in [5.74, 6) is 0.564. The Morgan fingerprint density at radius 2 is 0.892 bits per heavy atom. The lowest BCUT2D eigenvalue weighted by molar-refractivity contribution is 0.445. The maximum absolute atomic E-state index is 2.55. The van der Waals surface area contributed by atoms with Crippen LogP contribution in [0.4, 0.5) is 17.1 Å². The van der Waals surface area contributed by atoms with E-state index in [-0.39, 0.29) is 10.8 Å². The van der Waals surface area contributed by atoms with Crippen LogP contribution in [0.25, 0.3) is 55.3 Å². The van der Waals surface area contributed by atoms with Gasteiger partial charge in [0.25, 0.3) is 0 Å². The highest BCUT2D eigenvalue weighted by molar-refractivity contribution is 6.04. The number of hydrogen-bond donors (Lipinski definition) is 0. The normalized spacial score (nSPS) is 14.4. The van der Waals surface area contributed by atoms with Crippen LogP contribution < -0.4 is 4.90 Å². The van der Waals surface area contributed by atoms with Crippen molar-refractivity contribution in [3.63, 3.8) is 0 Å². The van der Waals surface area contributed by atoms with Crippen LogP contribution in [0.3, 0.4) is 0 Å². The van der Waals surface area contributed by atoms with Crippen LogP contribution >= 0.6 is 0 Å². The minimum atomic E-state index is -0.468. The fraction of sp³-hybridized carbons (Fsp3) is 0.205. The summed E-state index contributed by atoms with van der Waals surface area (Å²) in [6.45, 7) is 14.0. The molecule has 0 aromatic heterocycles. The average Bonchev–Trinajstić information content (AvgIpc) is 3.80. The van der Waals surface area contributed by atoms with Gasteiger partial charge in [-0.25, -0.2) is 0 Å². The van der Waals surface area contributed by atoms with Crippen molar-refractivity contribution in [2.45, 2.75) is 95.8 Å². The van der Waals surface area contributed by atoms with Crippen LogP contribution in [0.1, 0.15) is 119 Å². The Morgan fingerprint density at radius 1 is 0.392 bits per heavy atom. The highest BCUT2D eigenvalue weighted by atomic mass is 15.1. The standard InChI is InChI=1S/C73H67N/c1-71(2,3)56-47-53(48-57(49-56)72(4,5)6)59-33-17-20-41-67(59)74(68-42-21-18-34-62(68)63-38-23-28-52-27-22-36-60(69(52)63)50-25-10-7-11-26-50)58-45-43-51(44-46-58)61-37-24-40-66-70(61)64-35-16-19-39-65(64)73(66,54-29-12-8-13-30-54)55-31-14-9-15-32-55/h8-9,12-24,27-50H,7,10-11,25-26H2,1-6H3. The van der Waals surface area contributed by atoms with E-state index in [4.69, 9.17) is 0 Å². The molecule has 74 heavy (non-hydrogen) atoms. The lowest BCUT2D eigenvalue weighted by Crippen LogP contribution is -2.28. The molecule has 0 atom stereocenters. The highest BCUT2D eigenvalue weighted by Gasteiger charge is 2.46. The minimum Gasteiger partial charge on any atom is -0.309 e. The Bertz CT molecular complexity index is 3580. The highest BCUT2D eigenvalue weighted by Crippen LogP contribution is 2.58. The number of anilines is 3. The first-order chi connectivity index (χ1) is 36.0. The van der Waals surface area contributed by atoms with Crippen LogP contribution in [-0.4, -0.2) is 0 Å². The SMILES string of the molecule is CC(C)(C)c1cc(-c2ccccc2N(c2ccc(-c3cccc4c3-c3ccccc3C4(c3ccccc3)c3ccccc3)cc2)c2ccccc2-c2cccc3cccc(C4CCCCC4)c23)cc(C(C)(C)C)c1. The summed E-state index contributed by atoms with van der Waals surface area (Å²) < 4.78 is 0. The molecule has 0 amide bonds. The van der Waals surface area contributed by atoms with E-state index in [0.29, 0.717) is 5.92 Å². The Morgan fingerprint density at radius 3 is 1.53 bits per heavy atom. The monoisotopic (exact) mass is 958 g/mol. The third kappa shape index (κ3) is 8.18. The summed E-state index contributed by atoms with van der Waals surface area (Å²) in [5.41, 5.74) is 22.3. The lowest BCUT2D eigenvalue weighted by atomic mass is 9.67. The summed E-state index contributed by atoms with van der Waals surface area (Å²) in [6, 6.07) is 87.4. The molecular weight excluding hydrogens is 891 g/mol. The molecule has 0 radical (unpaired) electrons. The summed E-state index contributed by atoms with van der Waals surface area (Å²) in [5, 5.41) is 2.71. The zero-order valence-electron chi connectivity index (χ0n) is 44.0. The van der Waals surface area contributed by atoms with Crippen molar-refractivity contribution >= 4 is 27.8 Å². The summed E-state index contributed by atoms with van der Waals surface area (Å²) >= 11 is 0. The van der Waals surface area contributed by atoms with Crippen molar-refractivity contribution in [3.05, 3.63) is 269 Å². The predicted octanol–water partition coefficient (Wildman–Crippen LogP) is 20.3. The molecule has 12 rings (SSSR count). The van der Waals surface area contributed by atoms with Crippen LogP contribution in [0.5, 0.6) is 0 Å². The molecule has 1 heteroatoms. The van der Waals surface area contributed by atoms with Gasteiger partial charge in [-0.15, -0.1) is 0 Å². The second-order valence-corrected chi connectivity index (χ2v) is 23.1. The topological polar surface area (TPSA) is 3.24 Å². The first-order valence-electron chi connectivity index (χ1n) is 27.1. The van der Waals surface area contributed by atoms with E-state index < -0.39 is 5.41 Å². The molecule has 364 valence electrons. The van der Waals surface area contributed by atoms with E-state index in [2.05, 4.69) is 277 Å². The first kappa shape index (κ1) is 47.3. The van der Waals surface area contributed by atoms with Crippen molar-refractivity contribution in [1.29, 1.82) is 0 Å². The summed E-state index contributed by atoms with van der Waals surface area (Å²) in [6.07, 6.45) is 6.43. The molecule has 10 aromatic carbocycles. The number of rotatable bonds is 9. The van der Waals surface area contributed by atoms with Gasteiger partial charge in [0, 0.05) is 16.8 Å². The van der Waals surface area contributed by atoms with Crippen molar-refractivity contribution in [3.8, 4) is 44.5 Å². The molecule has 0 unspecified atom stereocenters. The zero-order valence-corrected chi connectivity index (χ0v) is 44.0. The lowest BCUT2D eigenvalue weighted by Gasteiger charge is -2.34. The maximum atomic E-state index is 2.55. The molecule has 10 aromatic rings. The smallest absolute Gasteiger partial charge is 0.0713 e. The first-order valence-corrected chi connectivity index (χ1v) is 27.1. The molecule has 1 saturated carbocycles. The second-order valence-electron chi connectivity index (χ2n) is 23.1. The van der Waals surface area contributed by atoms with Gasteiger partial charge in [0.05, 0.1) is 16.8 Å². The van der Waals surface area contributed by atoms with Crippen LogP contribution in [0.15, 0.2) is 231 Å². The van der Waals surface area contributed by atoms with Crippen molar-refractivity contribution in [2.75, 3.05) is 4.90 Å². The predicted molar refractivity (Wildman–Crippen MR) is 315 cm³/mol. The van der Waals surface area contributed by atoms with Crippen molar-refractivity contribution in [1.82, 2.24) is 0 Å². The van der Waals surface area contributed by atoms with Crippen molar-refractivity contribution in [2.24, 2.45) is 0 Å². The van der Waals surface area contributed by atoms with Crippen molar-refractivity contribution < 1.29 is 0 Å².